The van der Waals surface area contributed by atoms with E-state index in [1.54, 1.807) is 17.0 Å². The molecular formula is C19H25BN2O6. The summed E-state index contributed by atoms with van der Waals surface area (Å²) in [6, 6.07) is 3.24. The molecule has 3 aliphatic rings. The lowest BCUT2D eigenvalue weighted by Gasteiger charge is -2.40. The van der Waals surface area contributed by atoms with E-state index in [-0.39, 0.29) is 40.5 Å². The number of aromatic carboxylic acids is 1. The predicted molar refractivity (Wildman–Crippen MR) is 102 cm³/mol. The van der Waals surface area contributed by atoms with E-state index >= 15 is 0 Å². The number of aryl methyl sites for hydroxylation is 1. The van der Waals surface area contributed by atoms with E-state index in [0.29, 0.717) is 25.8 Å². The lowest BCUT2D eigenvalue weighted by Crippen LogP contribution is -2.59. The molecule has 2 fully saturated rings. The molecule has 1 aromatic carbocycles. The Morgan fingerprint density at radius 2 is 2.11 bits per heavy atom. The molecule has 0 radical (unpaired) electrons. The van der Waals surface area contributed by atoms with Gasteiger partial charge in [0.05, 0.1) is 19.1 Å². The Hall–Kier alpha value is -2.26. The number of carbonyl (C=O) groups is 2. The summed E-state index contributed by atoms with van der Waals surface area (Å²) in [5, 5.41) is 22.6. The zero-order valence-corrected chi connectivity index (χ0v) is 16.1. The molecule has 0 aliphatic carbocycles. The van der Waals surface area contributed by atoms with E-state index in [9.17, 15) is 19.7 Å². The van der Waals surface area contributed by atoms with Crippen LogP contribution in [0.15, 0.2) is 12.1 Å². The molecule has 0 aromatic heterocycles. The van der Waals surface area contributed by atoms with Crippen LogP contribution in [0.25, 0.3) is 0 Å². The van der Waals surface area contributed by atoms with Gasteiger partial charge in [0.2, 0.25) is 5.91 Å². The third-order valence-corrected chi connectivity index (χ3v) is 5.66. The predicted octanol–water partition coefficient (Wildman–Crippen LogP) is 0.778. The molecule has 9 heteroatoms. The first-order chi connectivity index (χ1) is 13.2. The van der Waals surface area contributed by atoms with Crippen LogP contribution in [0.2, 0.25) is 6.32 Å². The lowest BCUT2D eigenvalue weighted by molar-refractivity contribution is -0.142. The SMILES string of the molecule is CC1(C)CN[C@H](C(=O)N2CC(Oc3ccc4c(c3C(=O)O)OB(O)CC4)C2)C1. The zero-order valence-electron chi connectivity index (χ0n) is 16.1. The van der Waals surface area contributed by atoms with Gasteiger partial charge in [-0.05, 0) is 36.2 Å². The van der Waals surface area contributed by atoms with Crippen molar-refractivity contribution in [3.05, 3.63) is 23.3 Å². The molecule has 1 amide bonds. The van der Waals surface area contributed by atoms with Crippen LogP contribution in [0.5, 0.6) is 11.5 Å². The first-order valence-corrected chi connectivity index (χ1v) is 9.66. The van der Waals surface area contributed by atoms with Gasteiger partial charge in [0.1, 0.15) is 23.2 Å². The van der Waals surface area contributed by atoms with Crippen molar-refractivity contribution in [1.82, 2.24) is 10.2 Å². The molecule has 28 heavy (non-hydrogen) atoms. The van der Waals surface area contributed by atoms with Crippen LogP contribution < -0.4 is 14.7 Å². The molecule has 3 heterocycles. The standard InChI is InChI=1S/C19H25BN2O6/c1-19(2)7-13(21-10-19)17(23)22-8-12(9-22)27-14-4-3-11-5-6-20(26)28-16(11)15(14)18(24)25/h3-4,12-13,21,26H,5-10H2,1-2H3,(H,24,25)/t13-/m0/s1. The van der Waals surface area contributed by atoms with Crippen molar-refractivity contribution < 1.29 is 29.1 Å². The quantitative estimate of drug-likeness (QED) is 0.654. The van der Waals surface area contributed by atoms with Gasteiger partial charge in [-0.1, -0.05) is 19.9 Å². The highest BCUT2D eigenvalue weighted by Crippen LogP contribution is 2.37. The number of nitrogens with zero attached hydrogens (tertiary/aromatic N) is 1. The van der Waals surface area contributed by atoms with Gasteiger partial charge in [-0.15, -0.1) is 0 Å². The van der Waals surface area contributed by atoms with Gasteiger partial charge in [0.15, 0.2) is 0 Å². The van der Waals surface area contributed by atoms with Crippen molar-refractivity contribution in [3.8, 4) is 11.5 Å². The van der Waals surface area contributed by atoms with E-state index in [0.717, 1.165) is 18.5 Å². The summed E-state index contributed by atoms with van der Waals surface area (Å²) < 4.78 is 11.2. The second-order valence-corrected chi connectivity index (χ2v) is 8.63. The van der Waals surface area contributed by atoms with Gasteiger partial charge in [0.25, 0.3) is 0 Å². The highest BCUT2D eigenvalue weighted by atomic mass is 16.5. The number of carboxylic acid groups (broad SMARTS) is 1. The van der Waals surface area contributed by atoms with Gasteiger partial charge >= 0.3 is 13.1 Å². The summed E-state index contributed by atoms with van der Waals surface area (Å²) in [5.41, 5.74) is 0.793. The molecule has 3 aliphatic heterocycles. The summed E-state index contributed by atoms with van der Waals surface area (Å²) in [7, 11) is -1.01. The Morgan fingerprint density at radius 3 is 2.75 bits per heavy atom. The van der Waals surface area contributed by atoms with Gasteiger partial charge in [-0.2, -0.15) is 0 Å². The molecule has 3 N–H and O–H groups in total. The van der Waals surface area contributed by atoms with Crippen LogP contribution >= 0.6 is 0 Å². The Morgan fingerprint density at radius 1 is 1.36 bits per heavy atom. The average molecular weight is 388 g/mol. The summed E-state index contributed by atoms with van der Waals surface area (Å²) in [4.78, 5) is 26.1. The van der Waals surface area contributed by atoms with Crippen molar-refractivity contribution in [2.75, 3.05) is 19.6 Å². The van der Waals surface area contributed by atoms with Gasteiger partial charge in [-0.3, -0.25) is 4.79 Å². The minimum atomic E-state index is -1.16. The molecule has 1 aromatic rings. The van der Waals surface area contributed by atoms with Crippen LogP contribution in [-0.2, 0) is 11.2 Å². The fourth-order valence-corrected chi connectivity index (χ4v) is 4.08. The number of rotatable bonds is 4. The van der Waals surface area contributed by atoms with E-state index in [1.165, 1.54) is 0 Å². The number of hydrogen-bond acceptors (Lipinski definition) is 6. The molecule has 0 spiro atoms. The van der Waals surface area contributed by atoms with E-state index in [2.05, 4.69) is 19.2 Å². The summed E-state index contributed by atoms with van der Waals surface area (Å²) in [6.07, 6.45) is 1.52. The van der Waals surface area contributed by atoms with Crippen molar-refractivity contribution in [2.45, 2.75) is 45.2 Å². The van der Waals surface area contributed by atoms with Crippen molar-refractivity contribution >= 4 is 19.0 Å². The maximum Gasteiger partial charge on any atom is 0.522 e. The number of hydrogen-bond donors (Lipinski definition) is 3. The number of benzene rings is 1. The van der Waals surface area contributed by atoms with Gasteiger partial charge < -0.3 is 29.7 Å². The monoisotopic (exact) mass is 388 g/mol. The molecule has 0 saturated carbocycles. The molecule has 1 atom stereocenters. The highest BCUT2D eigenvalue weighted by molar-refractivity contribution is 6.44. The van der Waals surface area contributed by atoms with Crippen LogP contribution in [-0.4, -0.2) is 65.8 Å². The number of carbonyl (C=O) groups excluding carboxylic acids is 1. The molecule has 0 unspecified atom stereocenters. The minimum absolute atomic E-state index is 0.0692. The van der Waals surface area contributed by atoms with Gasteiger partial charge in [-0.25, -0.2) is 4.79 Å². The summed E-state index contributed by atoms with van der Waals surface area (Å²) >= 11 is 0. The van der Waals surface area contributed by atoms with E-state index in [4.69, 9.17) is 9.39 Å². The average Bonchev–Trinajstić information content (AvgIpc) is 2.96. The number of likely N-dealkylation sites (tertiary alicyclic amines) is 1. The second-order valence-electron chi connectivity index (χ2n) is 8.63. The van der Waals surface area contributed by atoms with Crippen molar-refractivity contribution in [2.24, 2.45) is 5.41 Å². The third-order valence-electron chi connectivity index (χ3n) is 5.66. The molecule has 0 bridgehead atoms. The Labute approximate surface area is 163 Å². The lowest BCUT2D eigenvalue weighted by atomic mass is 9.78. The zero-order chi connectivity index (χ0) is 20.1. The van der Waals surface area contributed by atoms with E-state index < -0.39 is 13.1 Å². The molecule has 150 valence electrons. The van der Waals surface area contributed by atoms with E-state index in [1.807, 2.05) is 0 Å². The summed E-state index contributed by atoms with van der Waals surface area (Å²) in [5.74, 6) is -0.711. The first kappa shape index (κ1) is 19.1. The number of ether oxygens (including phenoxy) is 1. The van der Waals surface area contributed by atoms with Crippen molar-refractivity contribution in [3.63, 3.8) is 0 Å². The van der Waals surface area contributed by atoms with Crippen LogP contribution in [0.4, 0.5) is 0 Å². The highest BCUT2D eigenvalue weighted by Gasteiger charge is 2.41. The molecular weight excluding hydrogens is 363 g/mol. The van der Waals surface area contributed by atoms with Crippen LogP contribution in [0, 0.1) is 5.41 Å². The molecule has 8 nitrogen and oxygen atoms in total. The third kappa shape index (κ3) is 3.56. The summed E-state index contributed by atoms with van der Waals surface area (Å²) in [6.45, 7) is 5.95. The molecule has 4 rings (SSSR count). The fourth-order valence-electron chi connectivity index (χ4n) is 4.08. The number of fused-ring (bicyclic) bond motifs is 1. The topological polar surface area (TPSA) is 108 Å². The smallest absolute Gasteiger partial charge is 0.522 e. The minimum Gasteiger partial charge on any atom is -0.535 e. The Balaban J connectivity index is 1.42. The molecule has 2 saturated heterocycles. The first-order valence-electron chi connectivity index (χ1n) is 9.66. The number of nitrogens with one attached hydrogen (secondary N) is 1. The van der Waals surface area contributed by atoms with Gasteiger partial charge in [0, 0.05) is 6.54 Å². The van der Waals surface area contributed by atoms with Crippen LogP contribution in [0.1, 0.15) is 36.2 Å². The Bertz CT molecular complexity index is 808. The van der Waals surface area contributed by atoms with Crippen LogP contribution in [0.3, 0.4) is 0 Å². The Kier molecular flexibility index (Phi) is 4.75. The maximum absolute atomic E-state index is 12.6. The fraction of sp³-hybridized carbons (Fsp3) is 0.579. The normalized spacial score (nSPS) is 23.6. The second kappa shape index (κ2) is 6.97. The number of carboxylic acids is 1. The largest absolute Gasteiger partial charge is 0.535 e. The maximum atomic E-state index is 12.6. The number of amides is 1. The van der Waals surface area contributed by atoms with Crippen molar-refractivity contribution in [1.29, 1.82) is 0 Å².